The summed E-state index contributed by atoms with van der Waals surface area (Å²) < 4.78 is 0. The van der Waals surface area contributed by atoms with E-state index in [1.807, 2.05) is 5.32 Å². The highest BCUT2D eigenvalue weighted by molar-refractivity contribution is 5.92. The summed E-state index contributed by atoms with van der Waals surface area (Å²) in [5.74, 6) is -3.20. The fraction of sp³-hybridized carbons (Fsp3) is 0.833. The number of nitrogens with zero attached hydrogens (tertiary/aromatic N) is 1. The summed E-state index contributed by atoms with van der Waals surface area (Å²) in [5, 5.41) is 22.3. The zero-order chi connectivity index (χ0) is 25.8. The lowest BCUT2D eigenvalue weighted by Gasteiger charge is -2.27. The number of carboxylic acid groups (broad SMARTS) is 1. The second-order valence-electron chi connectivity index (χ2n) is 8.79. The van der Waals surface area contributed by atoms with Crippen molar-refractivity contribution >= 4 is 23.7 Å². The van der Waals surface area contributed by atoms with Gasteiger partial charge in [-0.2, -0.15) is 0 Å². The summed E-state index contributed by atoms with van der Waals surface area (Å²) in [4.78, 5) is 48.0. The van der Waals surface area contributed by atoms with Crippen LogP contribution in [0.15, 0.2) is 0 Å². The van der Waals surface area contributed by atoms with Crippen molar-refractivity contribution in [2.24, 2.45) is 5.73 Å². The van der Waals surface area contributed by atoms with Crippen molar-refractivity contribution in [2.45, 2.75) is 109 Å². The highest BCUT2D eigenvalue weighted by Gasteiger charge is 2.28. The highest BCUT2D eigenvalue weighted by Crippen LogP contribution is 2.13. The number of nitrogens with one attached hydrogen (secondary N) is 2. The van der Waals surface area contributed by atoms with Crippen molar-refractivity contribution in [2.75, 3.05) is 20.2 Å². The van der Waals surface area contributed by atoms with Crippen molar-refractivity contribution in [1.29, 1.82) is 0 Å². The molecule has 0 rings (SSSR count). The Kier molecular flexibility index (Phi) is 18.9. The predicted molar refractivity (Wildman–Crippen MR) is 131 cm³/mol. The summed E-state index contributed by atoms with van der Waals surface area (Å²) >= 11 is 0. The molecule has 0 aliphatic carbocycles. The van der Waals surface area contributed by atoms with E-state index in [2.05, 4.69) is 12.2 Å². The number of aliphatic hydroxyl groups excluding tert-OH is 1. The van der Waals surface area contributed by atoms with Crippen LogP contribution in [0.25, 0.3) is 0 Å². The van der Waals surface area contributed by atoms with E-state index in [0.717, 1.165) is 24.2 Å². The van der Waals surface area contributed by atoms with Crippen LogP contribution < -0.4 is 16.4 Å². The molecule has 10 nitrogen and oxygen atoms in total. The molecule has 198 valence electrons. The average Bonchev–Trinajstić information content (AvgIpc) is 2.80. The number of hydrogen-bond donors (Lipinski definition) is 5. The SMILES string of the molecule is CCCCCCCCCCCCCCCC(=O)N(C)C(CO)C(=O)NC(N)C(=O)NCC(=O)O. The molecule has 34 heavy (non-hydrogen) atoms. The number of hydrogen-bond acceptors (Lipinski definition) is 6. The third-order valence-corrected chi connectivity index (χ3v) is 5.82. The number of rotatable bonds is 21. The quantitative estimate of drug-likeness (QED) is 0.122. The molecule has 0 spiro atoms. The molecule has 2 atom stereocenters. The average molecular weight is 487 g/mol. The van der Waals surface area contributed by atoms with E-state index < -0.39 is 43.1 Å². The number of aliphatic carboxylic acids is 1. The fourth-order valence-electron chi connectivity index (χ4n) is 3.61. The third kappa shape index (κ3) is 15.6. The van der Waals surface area contributed by atoms with Crippen molar-refractivity contribution in [3.8, 4) is 0 Å². The van der Waals surface area contributed by atoms with Crippen LogP contribution in [-0.2, 0) is 19.2 Å². The van der Waals surface area contributed by atoms with Gasteiger partial charge in [0.1, 0.15) is 12.6 Å². The van der Waals surface area contributed by atoms with Crippen molar-refractivity contribution < 1.29 is 29.4 Å². The molecule has 10 heteroatoms. The highest BCUT2D eigenvalue weighted by atomic mass is 16.4. The van der Waals surface area contributed by atoms with E-state index in [1.165, 1.54) is 64.8 Å². The summed E-state index contributed by atoms with van der Waals surface area (Å²) in [7, 11) is 1.42. The molecule has 0 heterocycles. The van der Waals surface area contributed by atoms with Gasteiger partial charge in [-0.15, -0.1) is 0 Å². The number of nitrogens with two attached hydrogens (primary N) is 1. The molecule has 0 aromatic rings. The maximum absolute atomic E-state index is 12.4. The van der Waals surface area contributed by atoms with Crippen LogP contribution in [0.1, 0.15) is 96.8 Å². The number of carboxylic acids is 1. The lowest BCUT2D eigenvalue weighted by molar-refractivity contribution is -0.142. The summed E-state index contributed by atoms with van der Waals surface area (Å²) in [5.41, 5.74) is 5.54. The number of aliphatic hydroxyl groups is 1. The van der Waals surface area contributed by atoms with Crippen LogP contribution in [0.5, 0.6) is 0 Å². The zero-order valence-corrected chi connectivity index (χ0v) is 21.0. The lowest BCUT2D eigenvalue weighted by Crippen LogP contribution is -2.58. The Hall–Kier alpha value is -2.20. The molecule has 2 unspecified atom stereocenters. The Morgan fingerprint density at radius 3 is 1.74 bits per heavy atom. The molecule has 0 bridgehead atoms. The summed E-state index contributed by atoms with van der Waals surface area (Å²) in [6.07, 6.45) is 14.4. The number of likely N-dealkylation sites (N-methyl/N-ethyl adjacent to an activating group) is 1. The number of amides is 3. The monoisotopic (exact) mass is 486 g/mol. The fourth-order valence-corrected chi connectivity index (χ4v) is 3.61. The smallest absolute Gasteiger partial charge is 0.322 e. The van der Waals surface area contributed by atoms with Gasteiger partial charge in [0.2, 0.25) is 11.8 Å². The Morgan fingerprint density at radius 1 is 0.824 bits per heavy atom. The second kappa shape index (κ2) is 20.2. The molecule has 0 aromatic carbocycles. The standard InChI is InChI=1S/C24H46N4O6/c1-3-4-5-6-7-8-9-10-11-12-13-14-15-16-20(30)28(2)19(18-29)23(33)27-22(25)24(34)26-17-21(31)32/h19,22,29H,3-18,25H2,1-2H3,(H,26,34)(H,27,33)(H,31,32). The van der Waals surface area contributed by atoms with Gasteiger partial charge in [0, 0.05) is 13.5 Å². The van der Waals surface area contributed by atoms with Gasteiger partial charge in [-0.25, -0.2) is 0 Å². The van der Waals surface area contributed by atoms with Gasteiger partial charge in [-0.05, 0) is 6.42 Å². The third-order valence-electron chi connectivity index (χ3n) is 5.82. The first-order chi connectivity index (χ1) is 16.2. The molecule has 0 fully saturated rings. The van der Waals surface area contributed by atoms with Crippen molar-refractivity contribution in [3.63, 3.8) is 0 Å². The molecule has 0 aliphatic rings. The normalized spacial score (nSPS) is 12.6. The van der Waals surface area contributed by atoms with Gasteiger partial charge in [-0.1, -0.05) is 84.0 Å². The first kappa shape index (κ1) is 31.8. The molecular weight excluding hydrogens is 440 g/mol. The largest absolute Gasteiger partial charge is 0.480 e. The van der Waals surface area contributed by atoms with Crippen LogP contribution in [0.2, 0.25) is 0 Å². The molecular formula is C24H46N4O6. The molecule has 0 aliphatic heterocycles. The Balaban J connectivity index is 4.03. The summed E-state index contributed by atoms with van der Waals surface area (Å²) in [6.45, 7) is 0.966. The van der Waals surface area contributed by atoms with Crippen LogP contribution in [0.4, 0.5) is 0 Å². The first-order valence-electron chi connectivity index (χ1n) is 12.7. The van der Waals surface area contributed by atoms with E-state index in [1.54, 1.807) is 0 Å². The number of carbonyl (C=O) groups is 4. The molecule has 3 amide bonds. The molecule has 0 radical (unpaired) electrons. The van der Waals surface area contributed by atoms with Crippen molar-refractivity contribution in [3.05, 3.63) is 0 Å². The topological polar surface area (TPSA) is 162 Å². The number of carbonyl (C=O) groups excluding carboxylic acids is 3. The van der Waals surface area contributed by atoms with Crippen LogP contribution in [0, 0.1) is 0 Å². The molecule has 6 N–H and O–H groups in total. The van der Waals surface area contributed by atoms with Gasteiger partial charge in [0.15, 0.2) is 6.17 Å². The predicted octanol–water partition coefficient (Wildman–Crippen LogP) is 1.89. The lowest BCUT2D eigenvalue weighted by atomic mass is 10.0. The van der Waals surface area contributed by atoms with Gasteiger partial charge in [0.05, 0.1) is 6.61 Å². The summed E-state index contributed by atoms with van der Waals surface area (Å²) in [6, 6.07) is -1.19. The molecule has 0 saturated heterocycles. The Bertz CT molecular complexity index is 602. The minimum atomic E-state index is -1.49. The maximum Gasteiger partial charge on any atom is 0.322 e. The van der Waals surface area contributed by atoms with Gasteiger partial charge in [0.25, 0.3) is 5.91 Å². The minimum Gasteiger partial charge on any atom is -0.480 e. The van der Waals surface area contributed by atoms with Gasteiger partial charge >= 0.3 is 5.97 Å². The second-order valence-corrected chi connectivity index (χ2v) is 8.79. The molecule has 0 saturated carbocycles. The molecule has 0 aromatic heterocycles. The van der Waals surface area contributed by atoms with Crippen LogP contribution >= 0.6 is 0 Å². The van der Waals surface area contributed by atoms with Gasteiger partial charge < -0.3 is 31.5 Å². The minimum absolute atomic E-state index is 0.267. The van der Waals surface area contributed by atoms with E-state index in [0.29, 0.717) is 6.42 Å². The number of unbranched alkanes of at least 4 members (excludes halogenated alkanes) is 12. The zero-order valence-electron chi connectivity index (χ0n) is 21.0. The first-order valence-corrected chi connectivity index (χ1v) is 12.7. The van der Waals surface area contributed by atoms with Crippen LogP contribution in [-0.4, -0.2) is 71.2 Å². The van der Waals surface area contributed by atoms with E-state index in [9.17, 15) is 24.3 Å². The van der Waals surface area contributed by atoms with Crippen LogP contribution in [0.3, 0.4) is 0 Å². The Morgan fingerprint density at radius 2 is 1.29 bits per heavy atom. The van der Waals surface area contributed by atoms with Gasteiger partial charge in [-0.3, -0.25) is 19.2 Å². The van der Waals surface area contributed by atoms with E-state index in [-0.39, 0.29) is 12.3 Å². The van der Waals surface area contributed by atoms with Crippen molar-refractivity contribution in [1.82, 2.24) is 15.5 Å². The van der Waals surface area contributed by atoms with E-state index in [4.69, 9.17) is 10.8 Å². The maximum atomic E-state index is 12.4. The Labute approximate surface area is 204 Å². The van der Waals surface area contributed by atoms with E-state index >= 15 is 0 Å².